The molecule has 3 aromatic rings. The van der Waals surface area contributed by atoms with E-state index in [0.29, 0.717) is 0 Å². The van der Waals surface area contributed by atoms with Crippen molar-refractivity contribution in [3.05, 3.63) is 76.0 Å². The molecule has 2 aromatic heterocycles. The van der Waals surface area contributed by atoms with Crippen molar-refractivity contribution in [2.24, 2.45) is 0 Å². The van der Waals surface area contributed by atoms with Crippen LogP contribution in [-0.4, -0.2) is 63.9 Å². The number of aromatic nitrogens is 2. The zero-order valence-corrected chi connectivity index (χ0v) is 17.1. The summed E-state index contributed by atoms with van der Waals surface area (Å²) < 4.78 is 1.99. The molecule has 0 unspecified atom stereocenters. The van der Waals surface area contributed by atoms with E-state index in [1.54, 1.807) is 0 Å². The Labute approximate surface area is 170 Å². The highest BCUT2D eigenvalue weighted by Crippen LogP contribution is 2.20. The van der Waals surface area contributed by atoms with Gasteiger partial charge in [-0.05, 0) is 42.3 Å². The van der Waals surface area contributed by atoms with E-state index >= 15 is 0 Å². The van der Waals surface area contributed by atoms with Crippen molar-refractivity contribution >= 4 is 16.6 Å². The molecule has 29 heavy (non-hydrogen) atoms. The van der Waals surface area contributed by atoms with E-state index < -0.39 is 0 Å². The van der Waals surface area contributed by atoms with Crippen LogP contribution in [-0.2, 0) is 6.54 Å². The van der Waals surface area contributed by atoms with E-state index in [-0.39, 0.29) is 5.56 Å². The van der Waals surface area contributed by atoms with Gasteiger partial charge in [0.05, 0.1) is 16.7 Å². The Hall–Kier alpha value is -2.99. The first-order chi connectivity index (χ1) is 14.1. The maximum atomic E-state index is 12.5. The van der Waals surface area contributed by atoms with Gasteiger partial charge in [0, 0.05) is 58.7 Å². The number of H-pyrrole nitrogens is 1. The van der Waals surface area contributed by atoms with Crippen LogP contribution in [0.15, 0.2) is 59.3 Å². The van der Waals surface area contributed by atoms with Gasteiger partial charge in [-0.1, -0.05) is 12.1 Å². The highest BCUT2D eigenvalue weighted by atomic mass is 16.1. The van der Waals surface area contributed by atoms with Crippen molar-refractivity contribution in [3.63, 3.8) is 0 Å². The van der Waals surface area contributed by atoms with Gasteiger partial charge in [0.15, 0.2) is 0 Å². The quantitative estimate of drug-likeness (QED) is 0.748. The first kappa shape index (κ1) is 18.1. The molecule has 2 aliphatic rings. The van der Waals surface area contributed by atoms with E-state index in [0.717, 1.165) is 61.4 Å². The molecule has 150 valence electrons. The van der Waals surface area contributed by atoms with Crippen LogP contribution >= 0.6 is 0 Å². The maximum absolute atomic E-state index is 12.5. The van der Waals surface area contributed by atoms with Crippen LogP contribution in [0, 0.1) is 6.92 Å². The average molecular weight is 390 g/mol. The lowest BCUT2D eigenvalue weighted by Crippen LogP contribution is -2.45. The number of fused-ring (bicyclic) bond motifs is 3. The summed E-state index contributed by atoms with van der Waals surface area (Å²) in [5, 5.41) is 0. The Balaban J connectivity index is 1.32. The van der Waals surface area contributed by atoms with Crippen molar-refractivity contribution in [2.75, 3.05) is 39.8 Å². The van der Waals surface area contributed by atoms with Crippen LogP contribution in [0.1, 0.15) is 11.1 Å². The number of benzene rings is 1. The molecule has 0 atom stereocenters. The Bertz CT molecular complexity index is 1180. The zero-order chi connectivity index (χ0) is 20.0. The molecule has 6 heteroatoms. The fourth-order valence-corrected chi connectivity index (χ4v) is 4.46. The third-order valence-corrected chi connectivity index (χ3v) is 6.05. The average Bonchev–Trinajstić information content (AvgIpc) is 3.11. The van der Waals surface area contributed by atoms with Gasteiger partial charge in [-0.15, -0.1) is 0 Å². The number of allylic oxidation sites excluding steroid dienone is 1. The molecule has 4 heterocycles. The van der Waals surface area contributed by atoms with Crippen LogP contribution in [0.3, 0.4) is 0 Å². The predicted molar refractivity (Wildman–Crippen MR) is 117 cm³/mol. The second-order valence-electron chi connectivity index (χ2n) is 8.18. The summed E-state index contributed by atoms with van der Waals surface area (Å²) in [4.78, 5) is 22.7. The summed E-state index contributed by atoms with van der Waals surface area (Å²) in [6.07, 6.45) is 8.67. The fourth-order valence-electron chi connectivity index (χ4n) is 4.46. The zero-order valence-electron chi connectivity index (χ0n) is 17.1. The minimum atomic E-state index is -0.0236. The van der Waals surface area contributed by atoms with Crippen LogP contribution in [0.4, 0.5) is 0 Å². The maximum Gasteiger partial charge on any atom is 0.272 e. The summed E-state index contributed by atoms with van der Waals surface area (Å²) in [5.41, 5.74) is 6.21. The van der Waals surface area contributed by atoms with Crippen LogP contribution in [0.5, 0.6) is 0 Å². The number of nitrogens with one attached hydrogen (secondary N) is 1. The lowest BCUT2D eigenvalue weighted by molar-refractivity contribution is 0.154. The Morgan fingerprint density at radius 2 is 1.93 bits per heavy atom. The highest BCUT2D eigenvalue weighted by molar-refractivity contribution is 5.79. The molecular formula is C23H27N5O. The molecule has 1 fully saturated rings. The molecule has 6 nitrogen and oxygen atoms in total. The highest BCUT2D eigenvalue weighted by Gasteiger charge is 2.19. The van der Waals surface area contributed by atoms with Crippen molar-refractivity contribution in [3.8, 4) is 0 Å². The van der Waals surface area contributed by atoms with Gasteiger partial charge in [-0.25, -0.2) is 0 Å². The largest absolute Gasteiger partial charge is 0.375 e. The van der Waals surface area contributed by atoms with Crippen LogP contribution in [0.2, 0.25) is 0 Å². The first-order valence-corrected chi connectivity index (χ1v) is 10.3. The summed E-state index contributed by atoms with van der Waals surface area (Å²) in [6, 6.07) is 8.42. The normalized spacial score (nSPS) is 18.1. The van der Waals surface area contributed by atoms with E-state index in [1.807, 2.05) is 23.6 Å². The van der Waals surface area contributed by atoms with E-state index in [2.05, 4.69) is 63.3 Å². The molecule has 0 aliphatic carbocycles. The van der Waals surface area contributed by atoms with Crippen LogP contribution in [0.25, 0.3) is 16.6 Å². The number of piperazine rings is 1. The predicted octanol–water partition coefficient (Wildman–Crippen LogP) is 2.55. The molecule has 0 saturated carbocycles. The topological polar surface area (TPSA) is 47.0 Å². The van der Waals surface area contributed by atoms with Gasteiger partial charge >= 0.3 is 0 Å². The third kappa shape index (κ3) is 3.34. The molecule has 0 amide bonds. The van der Waals surface area contributed by atoms with Gasteiger partial charge < -0.3 is 19.2 Å². The van der Waals surface area contributed by atoms with Gasteiger partial charge in [0.2, 0.25) is 0 Å². The molecule has 1 saturated heterocycles. The molecule has 0 bridgehead atoms. The molecule has 0 radical (unpaired) electrons. The van der Waals surface area contributed by atoms with Gasteiger partial charge in [0.1, 0.15) is 5.52 Å². The van der Waals surface area contributed by atoms with Gasteiger partial charge in [0.25, 0.3) is 5.56 Å². The molecule has 1 N–H and O–H groups in total. The third-order valence-electron chi connectivity index (χ3n) is 6.05. The Kier molecular flexibility index (Phi) is 4.43. The van der Waals surface area contributed by atoms with Crippen molar-refractivity contribution in [1.82, 2.24) is 24.1 Å². The Morgan fingerprint density at radius 3 is 2.72 bits per heavy atom. The lowest BCUT2D eigenvalue weighted by atomic mass is 10.1. The molecular weight excluding hydrogens is 362 g/mol. The smallest absolute Gasteiger partial charge is 0.272 e. The van der Waals surface area contributed by atoms with Crippen molar-refractivity contribution in [2.45, 2.75) is 13.5 Å². The number of hydrogen-bond acceptors (Lipinski definition) is 4. The van der Waals surface area contributed by atoms with Crippen molar-refractivity contribution in [1.29, 1.82) is 0 Å². The number of aryl methyl sites for hydroxylation is 1. The standard InChI is InChI=1S/C23H27N5O/c1-17-7-9-28-21-6-5-18(14-20(21)24-23(29)22(17)28)15-26-10-12-27(13-11-26)19-4-3-8-25(2)16-19/h3-7,9,14,16H,8,10-13,15H2,1-2H3,(H,24,29). The SMILES string of the molecule is Cc1ccn2c1c(=O)[nH]c1cc(CN3CCN(C4=CN(C)CC=C4)CC3)ccc12. The van der Waals surface area contributed by atoms with Gasteiger partial charge in [-0.2, -0.15) is 0 Å². The second kappa shape index (κ2) is 7.12. The lowest BCUT2D eigenvalue weighted by Gasteiger charge is -2.37. The van der Waals surface area contributed by atoms with E-state index in [4.69, 9.17) is 0 Å². The van der Waals surface area contributed by atoms with E-state index in [1.165, 1.54) is 11.3 Å². The number of rotatable bonds is 3. The molecule has 0 spiro atoms. The minimum Gasteiger partial charge on any atom is -0.375 e. The summed E-state index contributed by atoms with van der Waals surface area (Å²) in [5.74, 6) is 0. The number of hydrogen-bond donors (Lipinski definition) is 1. The summed E-state index contributed by atoms with van der Waals surface area (Å²) in [6.45, 7) is 8.03. The fraction of sp³-hybridized carbons (Fsp3) is 0.348. The monoisotopic (exact) mass is 389 g/mol. The van der Waals surface area contributed by atoms with Crippen LogP contribution < -0.4 is 5.56 Å². The molecule has 2 aliphatic heterocycles. The number of likely N-dealkylation sites (N-methyl/N-ethyl adjacent to an activating group) is 1. The number of nitrogens with zero attached hydrogens (tertiary/aromatic N) is 4. The minimum absolute atomic E-state index is 0.0236. The van der Waals surface area contributed by atoms with E-state index in [9.17, 15) is 4.79 Å². The van der Waals surface area contributed by atoms with Gasteiger partial charge in [-0.3, -0.25) is 9.69 Å². The molecule has 5 rings (SSSR count). The van der Waals surface area contributed by atoms with Crippen molar-refractivity contribution < 1.29 is 0 Å². The second-order valence-corrected chi connectivity index (χ2v) is 8.18. The molecule has 1 aromatic carbocycles. The number of aromatic amines is 1. The summed E-state index contributed by atoms with van der Waals surface area (Å²) in [7, 11) is 2.12. The first-order valence-electron chi connectivity index (χ1n) is 10.3. The summed E-state index contributed by atoms with van der Waals surface area (Å²) >= 11 is 0. The Morgan fingerprint density at radius 1 is 1.10 bits per heavy atom.